The number of aromatic nitrogens is 2. The molecule has 1 unspecified atom stereocenters. The van der Waals surface area contributed by atoms with E-state index in [4.69, 9.17) is 9.84 Å². The molecule has 4 nitrogen and oxygen atoms in total. The van der Waals surface area contributed by atoms with Crippen molar-refractivity contribution in [3.63, 3.8) is 0 Å². The second-order valence-corrected chi connectivity index (χ2v) is 8.19. The van der Waals surface area contributed by atoms with Crippen LogP contribution in [0.1, 0.15) is 64.3 Å². The predicted molar refractivity (Wildman–Crippen MR) is 99.9 cm³/mol. The Labute approximate surface area is 150 Å². The average molecular weight is 342 g/mol. The van der Waals surface area contributed by atoms with Crippen molar-refractivity contribution in [3.8, 4) is 5.75 Å². The monoisotopic (exact) mass is 342 g/mol. The van der Waals surface area contributed by atoms with E-state index in [1.165, 1.54) is 43.9 Å². The molecule has 136 valence electrons. The summed E-state index contributed by atoms with van der Waals surface area (Å²) in [7, 11) is 0. The first-order valence-electron chi connectivity index (χ1n) is 9.97. The first kappa shape index (κ1) is 16.9. The van der Waals surface area contributed by atoms with Crippen LogP contribution < -0.4 is 4.74 Å². The molecule has 0 amide bonds. The summed E-state index contributed by atoms with van der Waals surface area (Å²) in [4.78, 5) is 0. The molecular formula is C21H30N2O2. The molecule has 0 spiro atoms. The Hall–Kier alpha value is -1.55. The van der Waals surface area contributed by atoms with Crippen LogP contribution >= 0.6 is 0 Å². The first-order valence-corrected chi connectivity index (χ1v) is 9.97. The third-order valence-corrected chi connectivity index (χ3v) is 5.86. The Bertz CT molecular complexity index is 697. The number of aliphatic hydroxyl groups excluding tert-OH is 1. The van der Waals surface area contributed by atoms with Crippen molar-refractivity contribution in [1.82, 2.24) is 9.78 Å². The van der Waals surface area contributed by atoms with Gasteiger partial charge in [0.2, 0.25) is 0 Å². The molecule has 1 aromatic heterocycles. The molecular weight excluding hydrogens is 312 g/mol. The van der Waals surface area contributed by atoms with Crippen LogP contribution in [0.4, 0.5) is 0 Å². The summed E-state index contributed by atoms with van der Waals surface area (Å²) >= 11 is 0. The number of nitrogens with zero attached hydrogens (tertiary/aromatic N) is 2. The molecule has 0 radical (unpaired) electrons. The molecule has 4 rings (SSSR count). The predicted octanol–water partition coefficient (Wildman–Crippen LogP) is 4.72. The maximum Gasteiger partial charge on any atom is 0.121 e. The van der Waals surface area contributed by atoms with E-state index in [1.54, 1.807) is 0 Å². The maximum atomic E-state index is 9.46. The fraction of sp³-hybridized carbons (Fsp3) is 0.667. The van der Waals surface area contributed by atoms with E-state index in [0.29, 0.717) is 6.04 Å². The Morgan fingerprint density at radius 1 is 1.16 bits per heavy atom. The van der Waals surface area contributed by atoms with Crippen molar-refractivity contribution < 1.29 is 9.84 Å². The van der Waals surface area contributed by atoms with Gasteiger partial charge in [-0.1, -0.05) is 0 Å². The summed E-state index contributed by atoms with van der Waals surface area (Å²) in [6.07, 6.45) is 11.7. The molecule has 2 aromatic rings. The third kappa shape index (κ3) is 4.35. The smallest absolute Gasteiger partial charge is 0.121 e. The summed E-state index contributed by atoms with van der Waals surface area (Å²) in [5, 5.41) is 15.5. The lowest BCUT2D eigenvalue weighted by Crippen LogP contribution is -2.19. The van der Waals surface area contributed by atoms with Crippen molar-refractivity contribution in [2.24, 2.45) is 11.8 Å². The minimum Gasteiger partial charge on any atom is -0.493 e. The van der Waals surface area contributed by atoms with Crippen LogP contribution in [0.15, 0.2) is 24.4 Å². The third-order valence-electron chi connectivity index (χ3n) is 5.86. The number of ether oxygens (including phenoxy) is 1. The Kier molecular flexibility index (Phi) is 4.98. The molecule has 0 bridgehead atoms. The number of fused-ring (bicyclic) bond motifs is 1. The van der Waals surface area contributed by atoms with Crippen molar-refractivity contribution in [2.75, 3.05) is 6.61 Å². The highest BCUT2D eigenvalue weighted by molar-refractivity contribution is 5.79. The normalized spacial score (nSPS) is 25.2. The van der Waals surface area contributed by atoms with Crippen LogP contribution in [0.3, 0.4) is 0 Å². The Morgan fingerprint density at radius 3 is 2.64 bits per heavy atom. The van der Waals surface area contributed by atoms with Crippen LogP contribution in [0.2, 0.25) is 0 Å². The van der Waals surface area contributed by atoms with Crippen LogP contribution in [0.25, 0.3) is 10.9 Å². The van der Waals surface area contributed by atoms with E-state index in [1.807, 2.05) is 6.92 Å². The quantitative estimate of drug-likeness (QED) is 0.792. The van der Waals surface area contributed by atoms with Gasteiger partial charge in [-0.25, -0.2) is 0 Å². The molecule has 25 heavy (non-hydrogen) atoms. The van der Waals surface area contributed by atoms with E-state index in [9.17, 15) is 5.11 Å². The molecule has 1 aromatic carbocycles. The number of hydrogen-bond donors (Lipinski definition) is 1. The van der Waals surface area contributed by atoms with Crippen LogP contribution in [-0.4, -0.2) is 27.6 Å². The second kappa shape index (κ2) is 7.36. The lowest BCUT2D eigenvalue weighted by atomic mass is 9.83. The van der Waals surface area contributed by atoms with E-state index < -0.39 is 0 Å². The molecule has 1 heterocycles. The second-order valence-electron chi connectivity index (χ2n) is 8.19. The number of aliphatic hydroxyl groups is 1. The molecule has 2 fully saturated rings. The van der Waals surface area contributed by atoms with Gasteiger partial charge in [0.05, 0.1) is 24.3 Å². The largest absolute Gasteiger partial charge is 0.493 e. The fourth-order valence-corrected chi connectivity index (χ4v) is 3.97. The van der Waals surface area contributed by atoms with Crippen molar-refractivity contribution in [1.29, 1.82) is 0 Å². The molecule has 0 aliphatic heterocycles. The van der Waals surface area contributed by atoms with E-state index >= 15 is 0 Å². The van der Waals surface area contributed by atoms with Gasteiger partial charge in [0.25, 0.3) is 0 Å². The fourth-order valence-electron chi connectivity index (χ4n) is 3.97. The molecule has 1 N–H and O–H groups in total. The molecule has 0 saturated heterocycles. The zero-order valence-electron chi connectivity index (χ0n) is 15.2. The zero-order chi connectivity index (χ0) is 17.2. The molecule has 2 aliphatic carbocycles. The van der Waals surface area contributed by atoms with Crippen molar-refractivity contribution >= 4 is 10.9 Å². The van der Waals surface area contributed by atoms with Gasteiger partial charge < -0.3 is 9.84 Å². The standard InChI is InChI=1S/C21H30N2O2/c1-15(24)2-3-16-6-9-19(10-7-16)23-13-18-8-11-20(12-21(18)22-23)25-14-17-4-5-17/h8,11-13,15-17,19,24H,2-7,9-10,14H2,1H3/t15?,16-,19-. The van der Waals surface area contributed by atoms with Gasteiger partial charge in [-0.15, -0.1) is 0 Å². The molecule has 2 saturated carbocycles. The summed E-state index contributed by atoms with van der Waals surface area (Å²) in [5.41, 5.74) is 1.05. The zero-order valence-corrected chi connectivity index (χ0v) is 15.2. The minimum absolute atomic E-state index is 0.162. The van der Waals surface area contributed by atoms with Gasteiger partial charge in [0, 0.05) is 17.6 Å². The lowest BCUT2D eigenvalue weighted by molar-refractivity contribution is 0.161. The Balaban J connectivity index is 1.36. The van der Waals surface area contributed by atoms with Gasteiger partial charge in [0.15, 0.2) is 0 Å². The van der Waals surface area contributed by atoms with Crippen LogP contribution in [-0.2, 0) is 0 Å². The number of hydrogen-bond acceptors (Lipinski definition) is 3. The molecule has 1 atom stereocenters. The van der Waals surface area contributed by atoms with E-state index in [-0.39, 0.29) is 6.10 Å². The summed E-state index contributed by atoms with van der Waals surface area (Å²) < 4.78 is 8.06. The van der Waals surface area contributed by atoms with E-state index in [2.05, 4.69) is 29.1 Å². The summed E-state index contributed by atoms with van der Waals surface area (Å²) in [6.45, 7) is 2.74. The van der Waals surface area contributed by atoms with Crippen molar-refractivity contribution in [3.05, 3.63) is 24.4 Å². The highest BCUT2D eigenvalue weighted by atomic mass is 16.5. The van der Waals surface area contributed by atoms with Gasteiger partial charge in [-0.05, 0) is 82.3 Å². The van der Waals surface area contributed by atoms with Gasteiger partial charge in [-0.2, -0.15) is 5.10 Å². The number of benzene rings is 1. The minimum atomic E-state index is -0.162. The SMILES string of the molecule is CC(O)CC[C@H]1CC[C@H](n2cc3ccc(OCC4CC4)cc3n2)CC1. The summed E-state index contributed by atoms with van der Waals surface area (Å²) in [5.74, 6) is 2.50. The van der Waals surface area contributed by atoms with Gasteiger partial charge >= 0.3 is 0 Å². The topological polar surface area (TPSA) is 47.3 Å². The van der Waals surface area contributed by atoms with Crippen LogP contribution in [0.5, 0.6) is 5.75 Å². The lowest BCUT2D eigenvalue weighted by Gasteiger charge is -2.29. The highest BCUT2D eigenvalue weighted by Gasteiger charge is 2.24. The van der Waals surface area contributed by atoms with E-state index in [0.717, 1.165) is 42.6 Å². The first-order chi connectivity index (χ1) is 12.2. The van der Waals surface area contributed by atoms with Gasteiger partial charge in [-0.3, -0.25) is 4.68 Å². The molecule has 2 aliphatic rings. The number of rotatable bonds is 7. The summed E-state index contributed by atoms with van der Waals surface area (Å²) in [6, 6.07) is 6.81. The average Bonchev–Trinajstić information content (AvgIpc) is 3.35. The highest BCUT2D eigenvalue weighted by Crippen LogP contribution is 2.35. The maximum absolute atomic E-state index is 9.46. The van der Waals surface area contributed by atoms with Gasteiger partial charge in [0.1, 0.15) is 5.75 Å². The van der Waals surface area contributed by atoms with Crippen molar-refractivity contribution in [2.45, 2.75) is 70.4 Å². The Morgan fingerprint density at radius 2 is 1.92 bits per heavy atom. The van der Waals surface area contributed by atoms with Crippen LogP contribution in [0, 0.1) is 11.8 Å². The molecule has 4 heteroatoms.